The highest BCUT2D eigenvalue weighted by molar-refractivity contribution is 7.12. The smallest absolute Gasteiger partial charge is 0.254 e. The maximum absolute atomic E-state index is 12.7. The first-order valence-electron chi connectivity index (χ1n) is 7.81. The first kappa shape index (κ1) is 15.7. The van der Waals surface area contributed by atoms with Crippen molar-refractivity contribution in [1.82, 2.24) is 4.90 Å². The molecule has 1 N–H and O–H groups in total. The maximum atomic E-state index is 12.7. The van der Waals surface area contributed by atoms with Crippen LogP contribution in [-0.4, -0.2) is 35.3 Å². The van der Waals surface area contributed by atoms with Crippen LogP contribution in [0.15, 0.2) is 40.9 Å². The first-order chi connectivity index (χ1) is 11.2. The Morgan fingerprint density at radius 1 is 1.30 bits per heavy atom. The van der Waals surface area contributed by atoms with Crippen molar-refractivity contribution in [2.45, 2.75) is 25.7 Å². The summed E-state index contributed by atoms with van der Waals surface area (Å²) in [5.74, 6) is 0.0534. The second-order valence-corrected chi connectivity index (χ2v) is 6.70. The van der Waals surface area contributed by atoms with E-state index in [1.807, 2.05) is 30.6 Å². The van der Waals surface area contributed by atoms with Crippen LogP contribution in [0.1, 0.15) is 39.2 Å². The number of fused-ring (bicyclic) bond motifs is 1. The standard InChI is InChI=1S/C18H20N2O2S/c1-20(11-10-13-6-3-2-4-7-13)18(21)15-12-23-17-14(15)8-5-9-16(17)19-22/h2-4,6-7,12,22H,5,8-11H2,1H3. The molecule has 1 aliphatic rings. The molecule has 1 aromatic carbocycles. The van der Waals surface area contributed by atoms with Crippen LogP contribution < -0.4 is 0 Å². The first-order valence-corrected chi connectivity index (χ1v) is 8.69. The Kier molecular flexibility index (Phi) is 4.76. The fourth-order valence-corrected chi connectivity index (χ4v) is 4.05. The van der Waals surface area contributed by atoms with Crippen LogP contribution in [0, 0.1) is 0 Å². The molecule has 0 atom stereocenters. The van der Waals surface area contributed by atoms with Crippen molar-refractivity contribution >= 4 is 23.0 Å². The molecule has 4 nitrogen and oxygen atoms in total. The van der Waals surface area contributed by atoms with Crippen molar-refractivity contribution < 1.29 is 10.0 Å². The van der Waals surface area contributed by atoms with E-state index in [1.54, 1.807) is 4.90 Å². The minimum Gasteiger partial charge on any atom is -0.411 e. The average Bonchev–Trinajstić information content (AvgIpc) is 3.04. The second-order valence-electron chi connectivity index (χ2n) is 5.82. The third-order valence-corrected chi connectivity index (χ3v) is 5.34. The summed E-state index contributed by atoms with van der Waals surface area (Å²) in [4.78, 5) is 15.5. The number of rotatable bonds is 4. The minimum absolute atomic E-state index is 0.0534. The van der Waals surface area contributed by atoms with Crippen LogP contribution in [0.3, 0.4) is 0 Å². The molecule has 0 saturated heterocycles. The van der Waals surface area contributed by atoms with E-state index in [0.29, 0.717) is 12.3 Å². The van der Waals surface area contributed by atoms with Crippen LogP contribution in [0.2, 0.25) is 0 Å². The number of carbonyl (C=O) groups excluding carboxylic acids is 1. The van der Waals surface area contributed by atoms with E-state index in [0.717, 1.165) is 41.7 Å². The lowest BCUT2D eigenvalue weighted by Crippen LogP contribution is -2.29. The van der Waals surface area contributed by atoms with Gasteiger partial charge in [-0.15, -0.1) is 11.3 Å². The van der Waals surface area contributed by atoms with E-state index in [-0.39, 0.29) is 5.91 Å². The molecule has 1 heterocycles. The molecular weight excluding hydrogens is 308 g/mol. The molecule has 0 radical (unpaired) electrons. The number of benzene rings is 1. The molecule has 0 unspecified atom stereocenters. The van der Waals surface area contributed by atoms with Crippen molar-refractivity contribution in [2.75, 3.05) is 13.6 Å². The summed E-state index contributed by atoms with van der Waals surface area (Å²) in [5, 5.41) is 14.4. The molecule has 0 spiro atoms. The third kappa shape index (κ3) is 3.29. The van der Waals surface area contributed by atoms with Gasteiger partial charge in [0.15, 0.2) is 0 Å². The highest BCUT2D eigenvalue weighted by atomic mass is 32.1. The van der Waals surface area contributed by atoms with Crippen LogP contribution in [0.5, 0.6) is 0 Å². The van der Waals surface area contributed by atoms with Crippen LogP contribution in [0.25, 0.3) is 0 Å². The lowest BCUT2D eigenvalue weighted by atomic mass is 9.94. The van der Waals surface area contributed by atoms with Gasteiger partial charge in [0.1, 0.15) is 0 Å². The Morgan fingerprint density at radius 3 is 2.83 bits per heavy atom. The van der Waals surface area contributed by atoms with Crippen molar-refractivity contribution in [3.05, 3.63) is 57.3 Å². The molecule has 3 rings (SSSR count). The summed E-state index contributed by atoms with van der Waals surface area (Å²) in [5.41, 5.74) is 3.75. The highest BCUT2D eigenvalue weighted by Crippen LogP contribution is 2.31. The van der Waals surface area contributed by atoms with E-state index in [4.69, 9.17) is 5.21 Å². The number of nitrogens with zero attached hydrogens (tertiary/aromatic N) is 2. The molecule has 23 heavy (non-hydrogen) atoms. The fourth-order valence-electron chi connectivity index (χ4n) is 2.94. The molecule has 120 valence electrons. The summed E-state index contributed by atoms with van der Waals surface area (Å²) >= 11 is 1.51. The van der Waals surface area contributed by atoms with Crippen molar-refractivity contribution in [2.24, 2.45) is 5.16 Å². The largest absolute Gasteiger partial charge is 0.411 e. The number of hydrogen-bond donors (Lipinski definition) is 1. The van der Waals surface area contributed by atoms with Crippen molar-refractivity contribution in [3.63, 3.8) is 0 Å². The molecule has 1 amide bonds. The summed E-state index contributed by atoms with van der Waals surface area (Å²) in [6.45, 7) is 0.689. The van der Waals surface area contributed by atoms with Gasteiger partial charge in [-0.3, -0.25) is 4.79 Å². The van der Waals surface area contributed by atoms with Crippen LogP contribution in [-0.2, 0) is 12.8 Å². The maximum Gasteiger partial charge on any atom is 0.254 e. The van der Waals surface area contributed by atoms with Gasteiger partial charge in [-0.25, -0.2) is 0 Å². The number of hydrogen-bond acceptors (Lipinski definition) is 4. The molecule has 0 aliphatic heterocycles. The molecule has 2 aromatic rings. The summed E-state index contributed by atoms with van der Waals surface area (Å²) in [6.07, 6.45) is 3.43. The van der Waals surface area contributed by atoms with E-state index in [1.165, 1.54) is 16.9 Å². The Hall–Kier alpha value is -2.14. The zero-order valence-corrected chi connectivity index (χ0v) is 14.0. The zero-order valence-electron chi connectivity index (χ0n) is 13.2. The molecule has 1 aliphatic carbocycles. The normalized spacial score (nSPS) is 15.4. The molecule has 1 aromatic heterocycles. The topological polar surface area (TPSA) is 52.9 Å². The van der Waals surface area contributed by atoms with Gasteiger partial charge in [0.05, 0.1) is 16.2 Å². The van der Waals surface area contributed by atoms with Gasteiger partial charge in [0, 0.05) is 19.0 Å². The number of amides is 1. The van der Waals surface area contributed by atoms with Gasteiger partial charge >= 0.3 is 0 Å². The third-order valence-electron chi connectivity index (χ3n) is 4.27. The lowest BCUT2D eigenvalue weighted by molar-refractivity contribution is 0.0796. The fraction of sp³-hybridized carbons (Fsp3) is 0.333. The Labute approximate surface area is 140 Å². The van der Waals surface area contributed by atoms with Gasteiger partial charge in [-0.2, -0.15) is 0 Å². The van der Waals surface area contributed by atoms with Crippen LogP contribution >= 0.6 is 11.3 Å². The number of thiophene rings is 1. The van der Waals surface area contributed by atoms with E-state index < -0.39 is 0 Å². The van der Waals surface area contributed by atoms with E-state index in [9.17, 15) is 4.79 Å². The Balaban J connectivity index is 1.72. The van der Waals surface area contributed by atoms with Gasteiger partial charge in [0.2, 0.25) is 0 Å². The average molecular weight is 328 g/mol. The summed E-state index contributed by atoms with van der Waals surface area (Å²) < 4.78 is 0. The van der Waals surface area contributed by atoms with Gasteiger partial charge < -0.3 is 10.1 Å². The van der Waals surface area contributed by atoms with Crippen LogP contribution in [0.4, 0.5) is 0 Å². The number of likely N-dealkylation sites (N-methyl/N-ethyl adjacent to an activating group) is 1. The van der Waals surface area contributed by atoms with Crippen molar-refractivity contribution in [3.8, 4) is 0 Å². The molecule has 0 saturated carbocycles. The predicted octanol–water partition coefficient (Wildman–Crippen LogP) is 3.58. The SMILES string of the molecule is CN(CCc1ccccc1)C(=O)c1csc2c1CCCC2=NO. The second kappa shape index (κ2) is 6.96. The predicted molar refractivity (Wildman–Crippen MR) is 92.7 cm³/mol. The molecular formula is C18H20N2O2S. The Morgan fingerprint density at radius 2 is 2.09 bits per heavy atom. The minimum atomic E-state index is 0.0534. The molecule has 5 heteroatoms. The molecule has 0 bridgehead atoms. The number of oxime groups is 1. The highest BCUT2D eigenvalue weighted by Gasteiger charge is 2.25. The van der Waals surface area contributed by atoms with E-state index >= 15 is 0 Å². The van der Waals surface area contributed by atoms with E-state index in [2.05, 4.69) is 17.3 Å². The summed E-state index contributed by atoms with van der Waals surface area (Å²) in [6, 6.07) is 10.2. The Bertz CT molecular complexity index is 722. The van der Waals surface area contributed by atoms with Gasteiger partial charge in [0.25, 0.3) is 5.91 Å². The summed E-state index contributed by atoms with van der Waals surface area (Å²) in [7, 11) is 1.85. The van der Waals surface area contributed by atoms with Crippen molar-refractivity contribution in [1.29, 1.82) is 0 Å². The quantitative estimate of drug-likeness (QED) is 0.689. The lowest BCUT2D eigenvalue weighted by Gasteiger charge is -2.19. The van der Waals surface area contributed by atoms with Gasteiger partial charge in [-0.05, 0) is 36.8 Å². The zero-order chi connectivity index (χ0) is 16.2. The monoisotopic (exact) mass is 328 g/mol. The van der Waals surface area contributed by atoms with Gasteiger partial charge in [-0.1, -0.05) is 35.5 Å². The number of carbonyl (C=O) groups is 1. The molecule has 0 fully saturated rings.